The fraction of sp³-hybridized carbons (Fsp3) is 0.300. The van der Waals surface area contributed by atoms with Crippen LogP contribution in [0, 0.1) is 6.92 Å². The van der Waals surface area contributed by atoms with E-state index in [0.29, 0.717) is 24.5 Å². The van der Waals surface area contributed by atoms with Gasteiger partial charge >= 0.3 is 0 Å². The van der Waals surface area contributed by atoms with E-state index in [0.717, 1.165) is 17.6 Å². The summed E-state index contributed by atoms with van der Waals surface area (Å²) in [6.07, 6.45) is 0.827. The lowest BCUT2D eigenvalue weighted by Crippen LogP contribution is -2.16. The Kier molecular flexibility index (Phi) is 1.93. The van der Waals surface area contributed by atoms with Crippen LogP contribution in [0.1, 0.15) is 15.9 Å². The van der Waals surface area contributed by atoms with Crippen LogP contribution in [-0.2, 0) is 0 Å². The molecule has 0 saturated carbocycles. The maximum atomic E-state index is 10.6. The van der Waals surface area contributed by atoms with Crippen LogP contribution in [0.4, 0.5) is 0 Å². The van der Waals surface area contributed by atoms with Gasteiger partial charge in [-0.1, -0.05) is 0 Å². The fourth-order valence-electron chi connectivity index (χ4n) is 1.40. The zero-order valence-corrected chi connectivity index (χ0v) is 7.37. The van der Waals surface area contributed by atoms with E-state index in [-0.39, 0.29) is 0 Å². The van der Waals surface area contributed by atoms with E-state index in [1.165, 1.54) is 0 Å². The number of hydrogen-bond acceptors (Lipinski definition) is 3. The predicted octanol–water partition coefficient (Wildman–Crippen LogP) is 1.58. The summed E-state index contributed by atoms with van der Waals surface area (Å²) in [5.41, 5.74) is 1.51. The molecule has 1 aromatic rings. The highest BCUT2D eigenvalue weighted by molar-refractivity contribution is 5.79. The summed E-state index contributed by atoms with van der Waals surface area (Å²) in [6.45, 7) is 2.99. The Hall–Kier alpha value is -1.51. The third-order valence-corrected chi connectivity index (χ3v) is 2.13. The summed E-state index contributed by atoms with van der Waals surface area (Å²) >= 11 is 0. The highest BCUT2D eigenvalue weighted by Gasteiger charge is 2.15. The molecule has 1 aliphatic heterocycles. The number of hydrogen-bond donors (Lipinski definition) is 0. The van der Waals surface area contributed by atoms with Crippen molar-refractivity contribution < 1.29 is 14.3 Å². The molecule has 0 amide bonds. The molecule has 0 spiro atoms. The van der Waals surface area contributed by atoms with Crippen molar-refractivity contribution in [2.75, 3.05) is 13.2 Å². The van der Waals surface area contributed by atoms with Crippen LogP contribution >= 0.6 is 0 Å². The van der Waals surface area contributed by atoms with Crippen molar-refractivity contribution in [1.29, 1.82) is 0 Å². The molecular formula is C10H10O3. The maximum Gasteiger partial charge on any atom is 0.164 e. The number of benzene rings is 1. The van der Waals surface area contributed by atoms with Gasteiger partial charge in [0.15, 0.2) is 11.5 Å². The molecule has 0 atom stereocenters. The van der Waals surface area contributed by atoms with Gasteiger partial charge in [-0.25, -0.2) is 0 Å². The second kappa shape index (κ2) is 3.09. The van der Waals surface area contributed by atoms with E-state index >= 15 is 0 Å². The molecule has 0 unspecified atom stereocenters. The van der Waals surface area contributed by atoms with Crippen LogP contribution < -0.4 is 9.47 Å². The molecule has 0 fully saturated rings. The Balaban J connectivity index is 2.54. The van der Waals surface area contributed by atoms with Crippen molar-refractivity contribution in [3.63, 3.8) is 0 Å². The molecule has 3 heteroatoms. The van der Waals surface area contributed by atoms with Crippen molar-refractivity contribution in [2.45, 2.75) is 6.92 Å². The predicted molar refractivity (Wildman–Crippen MR) is 47.6 cm³/mol. The van der Waals surface area contributed by atoms with Crippen LogP contribution in [0.15, 0.2) is 12.1 Å². The SMILES string of the molecule is Cc1c(C=O)ccc2c1OCCO2. The number of fused-ring (bicyclic) bond motifs is 1. The first-order valence-corrected chi connectivity index (χ1v) is 4.17. The van der Waals surface area contributed by atoms with Crippen molar-refractivity contribution in [1.82, 2.24) is 0 Å². The van der Waals surface area contributed by atoms with E-state index in [9.17, 15) is 4.79 Å². The average Bonchev–Trinajstić information content (AvgIpc) is 2.19. The number of ether oxygens (including phenoxy) is 2. The molecule has 0 aliphatic carbocycles. The minimum atomic E-state index is 0.552. The fourth-order valence-corrected chi connectivity index (χ4v) is 1.40. The molecule has 13 heavy (non-hydrogen) atoms. The maximum absolute atomic E-state index is 10.6. The first-order valence-electron chi connectivity index (χ1n) is 4.17. The van der Waals surface area contributed by atoms with Gasteiger partial charge < -0.3 is 9.47 Å². The Labute approximate surface area is 76.3 Å². The van der Waals surface area contributed by atoms with Crippen LogP contribution in [0.5, 0.6) is 11.5 Å². The van der Waals surface area contributed by atoms with Crippen LogP contribution in [0.25, 0.3) is 0 Å². The highest BCUT2D eigenvalue weighted by Crippen LogP contribution is 2.34. The van der Waals surface area contributed by atoms with Crippen LogP contribution in [-0.4, -0.2) is 19.5 Å². The Morgan fingerprint density at radius 3 is 2.85 bits per heavy atom. The third-order valence-electron chi connectivity index (χ3n) is 2.13. The molecule has 68 valence electrons. The van der Waals surface area contributed by atoms with E-state index in [4.69, 9.17) is 9.47 Å². The first-order chi connectivity index (χ1) is 6.33. The minimum Gasteiger partial charge on any atom is -0.486 e. The number of rotatable bonds is 1. The van der Waals surface area contributed by atoms with Crippen LogP contribution in [0.2, 0.25) is 0 Å². The molecule has 0 bridgehead atoms. The average molecular weight is 178 g/mol. The van der Waals surface area contributed by atoms with Gasteiger partial charge in [-0.2, -0.15) is 0 Å². The number of aldehydes is 1. The van der Waals surface area contributed by atoms with Crippen molar-refractivity contribution in [3.05, 3.63) is 23.3 Å². The quantitative estimate of drug-likeness (QED) is 0.612. The van der Waals surface area contributed by atoms with Gasteiger partial charge in [0, 0.05) is 11.1 Å². The van der Waals surface area contributed by atoms with E-state index in [1.54, 1.807) is 12.1 Å². The lowest BCUT2D eigenvalue weighted by atomic mass is 10.1. The summed E-state index contributed by atoms with van der Waals surface area (Å²) in [7, 11) is 0. The van der Waals surface area contributed by atoms with Crippen molar-refractivity contribution in [2.24, 2.45) is 0 Å². The van der Waals surface area contributed by atoms with Gasteiger partial charge in [-0.15, -0.1) is 0 Å². The summed E-state index contributed by atoms with van der Waals surface area (Å²) < 4.78 is 10.8. The first kappa shape index (κ1) is 8.10. The standard InChI is InChI=1S/C10H10O3/c1-7-8(6-11)2-3-9-10(7)13-5-4-12-9/h2-3,6H,4-5H2,1H3. The van der Waals surface area contributed by atoms with Crippen molar-refractivity contribution in [3.8, 4) is 11.5 Å². The van der Waals surface area contributed by atoms with Gasteiger partial charge in [0.1, 0.15) is 19.5 Å². The molecule has 2 rings (SSSR count). The summed E-state index contributed by atoms with van der Waals surface area (Å²) in [5, 5.41) is 0. The van der Waals surface area contributed by atoms with Crippen LogP contribution in [0.3, 0.4) is 0 Å². The monoisotopic (exact) mass is 178 g/mol. The number of carbonyl (C=O) groups is 1. The third kappa shape index (κ3) is 1.26. The summed E-state index contributed by atoms with van der Waals surface area (Å²) in [6, 6.07) is 3.51. The topological polar surface area (TPSA) is 35.5 Å². The minimum absolute atomic E-state index is 0.552. The molecule has 0 aromatic heterocycles. The van der Waals surface area contributed by atoms with Gasteiger partial charge in [0.05, 0.1) is 0 Å². The molecule has 1 aliphatic rings. The lowest BCUT2D eigenvalue weighted by Gasteiger charge is -2.20. The molecule has 0 N–H and O–H groups in total. The normalized spacial score (nSPS) is 13.9. The van der Waals surface area contributed by atoms with Gasteiger partial charge in [-0.3, -0.25) is 4.79 Å². The molecule has 0 radical (unpaired) electrons. The zero-order valence-electron chi connectivity index (χ0n) is 7.37. The largest absolute Gasteiger partial charge is 0.486 e. The van der Waals surface area contributed by atoms with E-state index in [1.807, 2.05) is 6.92 Å². The van der Waals surface area contributed by atoms with Gasteiger partial charge in [-0.05, 0) is 19.1 Å². The smallest absolute Gasteiger partial charge is 0.164 e. The van der Waals surface area contributed by atoms with Gasteiger partial charge in [0.2, 0.25) is 0 Å². The molecule has 3 nitrogen and oxygen atoms in total. The Morgan fingerprint density at radius 2 is 2.08 bits per heavy atom. The molecule has 0 saturated heterocycles. The zero-order chi connectivity index (χ0) is 9.26. The van der Waals surface area contributed by atoms with E-state index in [2.05, 4.69) is 0 Å². The lowest BCUT2D eigenvalue weighted by molar-refractivity contribution is 0.112. The van der Waals surface area contributed by atoms with E-state index < -0.39 is 0 Å². The highest BCUT2D eigenvalue weighted by atomic mass is 16.6. The molecular weight excluding hydrogens is 168 g/mol. The Bertz CT molecular complexity index is 344. The Morgan fingerprint density at radius 1 is 1.31 bits per heavy atom. The van der Waals surface area contributed by atoms with Gasteiger partial charge in [0.25, 0.3) is 0 Å². The summed E-state index contributed by atoms with van der Waals surface area (Å²) in [4.78, 5) is 10.6. The summed E-state index contributed by atoms with van der Waals surface area (Å²) in [5.74, 6) is 1.44. The molecule has 1 heterocycles. The molecule has 1 aromatic carbocycles. The second-order valence-electron chi connectivity index (χ2n) is 2.92. The number of carbonyl (C=O) groups excluding carboxylic acids is 1. The van der Waals surface area contributed by atoms with Crippen molar-refractivity contribution >= 4 is 6.29 Å². The second-order valence-corrected chi connectivity index (χ2v) is 2.92.